The minimum Gasteiger partial charge on any atom is -0.247 e. The van der Waals surface area contributed by atoms with Gasteiger partial charge in [0.15, 0.2) is 0 Å². The second kappa shape index (κ2) is 2.47. The molecular weight excluding hydrogens is 103 g/mol. The summed E-state index contributed by atoms with van der Waals surface area (Å²) in [5.74, 6) is 0.388. The fourth-order valence-electron chi connectivity index (χ4n) is 1.23. The van der Waals surface area contributed by atoms with Crippen molar-refractivity contribution in [3.05, 3.63) is 6.92 Å². The van der Waals surface area contributed by atoms with Crippen LogP contribution in [-0.4, -0.2) is 6.17 Å². The van der Waals surface area contributed by atoms with E-state index in [1.165, 1.54) is 0 Å². The molecule has 47 valence electrons. The van der Waals surface area contributed by atoms with Gasteiger partial charge in [-0.1, -0.05) is 19.8 Å². The van der Waals surface area contributed by atoms with Gasteiger partial charge in [-0.2, -0.15) is 0 Å². The molecule has 0 saturated heterocycles. The van der Waals surface area contributed by atoms with Crippen molar-refractivity contribution in [2.45, 2.75) is 31.9 Å². The Morgan fingerprint density at radius 1 is 1.38 bits per heavy atom. The zero-order valence-corrected chi connectivity index (χ0v) is 5.07. The molecule has 0 aromatic rings. The van der Waals surface area contributed by atoms with E-state index in [9.17, 15) is 4.39 Å². The SMILES string of the molecule is [CH2]C1CCCC(F)C1. The monoisotopic (exact) mass is 115 g/mol. The molecule has 8 heavy (non-hydrogen) atoms. The van der Waals surface area contributed by atoms with Crippen molar-refractivity contribution in [1.82, 2.24) is 0 Å². The van der Waals surface area contributed by atoms with Gasteiger partial charge in [0.25, 0.3) is 0 Å². The molecule has 1 rings (SSSR count). The lowest BCUT2D eigenvalue weighted by Gasteiger charge is -2.19. The molecule has 1 heteroatoms. The highest BCUT2D eigenvalue weighted by atomic mass is 19.1. The molecule has 0 aromatic carbocycles. The standard InChI is InChI=1S/C7H12F/c1-6-3-2-4-7(8)5-6/h6-7H,1-5H2. The molecule has 1 radical (unpaired) electrons. The maximum atomic E-state index is 12.4. The highest BCUT2D eigenvalue weighted by Crippen LogP contribution is 2.24. The van der Waals surface area contributed by atoms with Gasteiger partial charge in [-0.05, 0) is 18.8 Å². The molecule has 0 heterocycles. The second-order valence-corrected chi connectivity index (χ2v) is 2.63. The lowest BCUT2D eigenvalue weighted by atomic mass is 9.90. The van der Waals surface area contributed by atoms with Crippen molar-refractivity contribution in [2.75, 3.05) is 0 Å². The van der Waals surface area contributed by atoms with Gasteiger partial charge >= 0.3 is 0 Å². The predicted octanol–water partition coefficient (Wildman–Crippen LogP) is 2.35. The Labute approximate surface area is 50.1 Å². The summed E-state index contributed by atoms with van der Waals surface area (Å²) in [6.07, 6.45) is 3.08. The Hall–Kier alpha value is -0.0700. The summed E-state index contributed by atoms with van der Waals surface area (Å²) in [4.78, 5) is 0. The van der Waals surface area contributed by atoms with Gasteiger partial charge in [0.1, 0.15) is 6.17 Å². The molecule has 0 spiro atoms. The van der Waals surface area contributed by atoms with Crippen LogP contribution >= 0.6 is 0 Å². The third-order valence-corrected chi connectivity index (χ3v) is 1.72. The van der Waals surface area contributed by atoms with Crippen molar-refractivity contribution in [2.24, 2.45) is 5.92 Å². The fraction of sp³-hybridized carbons (Fsp3) is 0.857. The lowest BCUT2D eigenvalue weighted by Crippen LogP contribution is -2.13. The molecule has 1 aliphatic rings. The fourth-order valence-corrected chi connectivity index (χ4v) is 1.23. The first-order valence-corrected chi connectivity index (χ1v) is 3.26. The van der Waals surface area contributed by atoms with Crippen molar-refractivity contribution in [1.29, 1.82) is 0 Å². The molecule has 1 saturated carbocycles. The van der Waals surface area contributed by atoms with Gasteiger partial charge in [0.2, 0.25) is 0 Å². The van der Waals surface area contributed by atoms with Crippen molar-refractivity contribution < 1.29 is 4.39 Å². The van der Waals surface area contributed by atoms with Crippen LogP contribution < -0.4 is 0 Å². The summed E-state index contributed by atoms with van der Waals surface area (Å²) in [7, 11) is 0. The van der Waals surface area contributed by atoms with Gasteiger partial charge in [-0.15, -0.1) is 0 Å². The van der Waals surface area contributed by atoms with Crippen LogP contribution in [0.1, 0.15) is 25.7 Å². The van der Waals surface area contributed by atoms with Crippen molar-refractivity contribution in [3.8, 4) is 0 Å². The maximum absolute atomic E-state index is 12.4. The second-order valence-electron chi connectivity index (χ2n) is 2.63. The van der Waals surface area contributed by atoms with Crippen LogP contribution in [0.15, 0.2) is 0 Å². The molecule has 0 aromatic heterocycles. The van der Waals surface area contributed by atoms with E-state index in [1.807, 2.05) is 0 Å². The number of halogens is 1. The summed E-state index contributed by atoms with van der Waals surface area (Å²) in [5, 5.41) is 0. The highest BCUT2D eigenvalue weighted by Gasteiger charge is 2.16. The van der Waals surface area contributed by atoms with E-state index >= 15 is 0 Å². The molecule has 0 amide bonds. The van der Waals surface area contributed by atoms with Crippen LogP contribution in [0.2, 0.25) is 0 Å². The molecule has 1 aliphatic carbocycles. The molecule has 2 atom stereocenters. The van der Waals surface area contributed by atoms with E-state index in [2.05, 4.69) is 6.92 Å². The average molecular weight is 115 g/mol. The first kappa shape index (κ1) is 6.06. The van der Waals surface area contributed by atoms with Crippen LogP contribution in [0.3, 0.4) is 0 Å². The topological polar surface area (TPSA) is 0 Å². The quantitative estimate of drug-likeness (QED) is 0.454. The minimum atomic E-state index is -0.550. The first-order valence-electron chi connectivity index (χ1n) is 3.26. The summed E-state index contributed by atoms with van der Waals surface area (Å²) in [6.45, 7) is 3.81. The Kier molecular flexibility index (Phi) is 1.87. The lowest BCUT2D eigenvalue weighted by molar-refractivity contribution is 0.220. The van der Waals surface area contributed by atoms with Gasteiger partial charge in [-0.25, -0.2) is 4.39 Å². The van der Waals surface area contributed by atoms with Gasteiger partial charge < -0.3 is 0 Å². The van der Waals surface area contributed by atoms with Crippen molar-refractivity contribution in [3.63, 3.8) is 0 Å². The Balaban J connectivity index is 2.23. The molecule has 0 N–H and O–H groups in total. The molecule has 0 bridgehead atoms. The zero-order valence-electron chi connectivity index (χ0n) is 5.07. The number of hydrogen-bond donors (Lipinski definition) is 0. The maximum Gasteiger partial charge on any atom is 0.100 e. The summed E-state index contributed by atoms with van der Waals surface area (Å²) < 4.78 is 12.4. The van der Waals surface area contributed by atoms with Crippen LogP contribution in [0.5, 0.6) is 0 Å². The summed E-state index contributed by atoms with van der Waals surface area (Å²) in [5.41, 5.74) is 0. The summed E-state index contributed by atoms with van der Waals surface area (Å²) >= 11 is 0. The number of rotatable bonds is 0. The van der Waals surface area contributed by atoms with Gasteiger partial charge in [0, 0.05) is 0 Å². The minimum absolute atomic E-state index is 0.388. The van der Waals surface area contributed by atoms with Crippen LogP contribution in [0.25, 0.3) is 0 Å². The number of alkyl halides is 1. The Bertz CT molecular complexity index is 62.8. The Morgan fingerprint density at radius 2 is 2.12 bits per heavy atom. The molecule has 2 unspecified atom stereocenters. The normalized spacial score (nSPS) is 39.8. The first-order chi connectivity index (χ1) is 3.79. The largest absolute Gasteiger partial charge is 0.247 e. The van der Waals surface area contributed by atoms with E-state index in [0.29, 0.717) is 12.3 Å². The van der Waals surface area contributed by atoms with E-state index in [-0.39, 0.29) is 0 Å². The van der Waals surface area contributed by atoms with Crippen LogP contribution in [0, 0.1) is 12.8 Å². The molecule has 0 nitrogen and oxygen atoms in total. The average Bonchev–Trinajstić information content (AvgIpc) is 1.64. The smallest absolute Gasteiger partial charge is 0.100 e. The molecule has 1 fully saturated rings. The van der Waals surface area contributed by atoms with E-state index in [0.717, 1.165) is 19.3 Å². The van der Waals surface area contributed by atoms with Crippen LogP contribution in [-0.2, 0) is 0 Å². The van der Waals surface area contributed by atoms with Crippen molar-refractivity contribution >= 4 is 0 Å². The van der Waals surface area contributed by atoms with Gasteiger partial charge in [0.05, 0.1) is 0 Å². The van der Waals surface area contributed by atoms with Crippen LogP contribution in [0.4, 0.5) is 4.39 Å². The number of hydrogen-bond acceptors (Lipinski definition) is 0. The van der Waals surface area contributed by atoms with E-state index in [1.54, 1.807) is 0 Å². The van der Waals surface area contributed by atoms with E-state index < -0.39 is 6.17 Å². The summed E-state index contributed by atoms with van der Waals surface area (Å²) in [6, 6.07) is 0. The third kappa shape index (κ3) is 1.46. The highest BCUT2D eigenvalue weighted by molar-refractivity contribution is 4.73. The predicted molar refractivity (Wildman–Crippen MR) is 32.2 cm³/mol. The van der Waals surface area contributed by atoms with Gasteiger partial charge in [-0.3, -0.25) is 0 Å². The molecular formula is C7H12F. The molecule has 0 aliphatic heterocycles. The van der Waals surface area contributed by atoms with E-state index in [4.69, 9.17) is 0 Å². The zero-order chi connectivity index (χ0) is 5.98. The third-order valence-electron chi connectivity index (χ3n) is 1.72. The Morgan fingerprint density at radius 3 is 2.50 bits per heavy atom.